The smallest absolute Gasteiger partial charge is 0.248 e. The molecule has 0 aliphatic heterocycles. The highest BCUT2D eigenvalue weighted by Gasteiger charge is 2.12. The molecular formula is C18H11BrN2O. The number of hydrogen-bond acceptors (Lipinski definition) is 3. The van der Waals surface area contributed by atoms with Gasteiger partial charge in [-0.1, -0.05) is 58.4 Å². The van der Waals surface area contributed by atoms with Crippen LogP contribution in [0.3, 0.4) is 0 Å². The maximum atomic E-state index is 5.88. The minimum Gasteiger partial charge on any atom is -0.416 e. The van der Waals surface area contributed by atoms with Crippen molar-refractivity contribution in [1.82, 2.24) is 10.2 Å². The minimum atomic E-state index is 0.518. The van der Waals surface area contributed by atoms with Gasteiger partial charge in [-0.3, -0.25) is 0 Å². The number of hydrogen-bond donors (Lipinski definition) is 0. The van der Waals surface area contributed by atoms with E-state index in [-0.39, 0.29) is 0 Å². The van der Waals surface area contributed by atoms with Gasteiger partial charge in [0.05, 0.1) is 0 Å². The average molecular weight is 351 g/mol. The van der Waals surface area contributed by atoms with Crippen molar-refractivity contribution in [3.05, 3.63) is 71.2 Å². The molecular weight excluding hydrogens is 340 g/mol. The van der Waals surface area contributed by atoms with Crippen LogP contribution >= 0.6 is 15.9 Å². The van der Waals surface area contributed by atoms with Crippen LogP contribution in [0.2, 0.25) is 0 Å². The predicted octanol–water partition coefficient (Wildman–Crippen LogP) is 5.32. The van der Waals surface area contributed by atoms with Gasteiger partial charge in [0.1, 0.15) is 0 Å². The molecule has 3 aromatic carbocycles. The van der Waals surface area contributed by atoms with E-state index in [4.69, 9.17) is 4.42 Å². The highest BCUT2D eigenvalue weighted by Crippen LogP contribution is 2.30. The van der Waals surface area contributed by atoms with Crippen LogP contribution in [0, 0.1) is 0 Å². The van der Waals surface area contributed by atoms with Gasteiger partial charge in [-0.25, -0.2) is 0 Å². The molecule has 4 rings (SSSR count). The molecule has 0 saturated carbocycles. The summed E-state index contributed by atoms with van der Waals surface area (Å²) in [5.74, 6) is 1.05. The van der Waals surface area contributed by atoms with Gasteiger partial charge in [-0.05, 0) is 35.0 Å². The molecule has 0 atom stereocenters. The maximum absolute atomic E-state index is 5.88. The Bertz CT molecular complexity index is 957. The molecule has 0 bridgehead atoms. The van der Waals surface area contributed by atoms with Crippen LogP contribution in [0.5, 0.6) is 0 Å². The van der Waals surface area contributed by atoms with E-state index in [1.54, 1.807) is 0 Å². The molecule has 0 N–H and O–H groups in total. The second kappa shape index (κ2) is 5.39. The molecule has 0 aliphatic carbocycles. The Hall–Kier alpha value is -2.46. The number of rotatable bonds is 2. The van der Waals surface area contributed by atoms with Crippen molar-refractivity contribution in [3.63, 3.8) is 0 Å². The fourth-order valence-corrected chi connectivity index (χ4v) is 2.88. The standard InChI is InChI=1S/C18H11BrN2O/c19-14-8-3-7-13(11-14)17-20-21-18(22-17)16-10-4-6-12-5-1-2-9-15(12)16/h1-11H. The number of halogens is 1. The third-order valence-corrected chi connectivity index (χ3v) is 4.01. The summed E-state index contributed by atoms with van der Waals surface area (Å²) in [6.07, 6.45) is 0. The predicted molar refractivity (Wildman–Crippen MR) is 90.4 cm³/mol. The highest BCUT2D eigenvalue weighted by molar-refractivity contribution is 9.10. The summed E-state index contributed by atoms with van der Waals surface area (Å²) in [5.41, 5.74) is 1.85. The van der Waals surface area contributed by atoms with Gasteiger partial charge in [0.25, 0.3) is 0 Å². The molecule has 4 heteroatoms. The first-order chi connectivity index (χ1) is 10.8. The lowest BCUT2D eigenvalue weighted by atomic mass is 10.0. The summed E-state index contributed by atoms with van der Waals surface area (Å²) in [4.78, 5) is 0. The molecule has 106 valence electrons. The Kier molecular flexibility index (Phi) is 3.24. The van der Waals surface area contributed by atoms with Crippen molar-refractivity contribution in [2.24, 2.45) is 0 Å². The van der Waals surface area contributed by atoms with E-state index >= 15 is 0 Å². The molecule has 1 heterocycles. The molecule has 0 spiro atoms. The van der Waals surface area contributed by atoms with Gasteiger partial charge >= 0.3 is 0 Å². The van der Waals surface area contributed by atoms with E-state index in [1.807, 2.05) is 48.5 Å². The Morgan fingerprint density at radius 1 is 0.773 bits per heavy atom. The van der Waals surface area contributed by atoms with E-state index < -0.39 is 0 Å². The molecule has 0 saturated heterocycles. The molecule has 0 unspecified atom stereocenters. The molecule has 0 aliphatic rings. The zero-order valence-electron chi connectivity index (χ0n) is 11.5. The van der Waals surface area contributed by atoms with Crippen LogP contribution in [0.25, 0.3) is 33.7 Å². The van der Waals surface area contributed by atoms with Gasteiger partial charge in [-0.2, -0.15) is 0 Å². The van der Waals surface area contributed by atoms with Crippen molar-refractivity contribution in [2.45, 2.75) is 0 Å². The van der Waals surface area contributed by atoms with E-state index in [9.17, 15) is 0 Å². The van der Waals surface area contributed by atoms with Crippen molar-refractivity contribution in [1.29, 1.82) is 0 Å². The largest absolute Gasteiger partial charge is 0.416 e. The molecule has 22 heavy (non-hydrogen) atoms. The summed E-state index contributed by atoms with van der Waals surface area (Å²) in [7, 11) is 0. The first-order valence-electron chi connectivity index (χ1n) is 6.89. The fraction of sp³-hybridized carbons (Fsp3) is 0. The van der Waals surface area contributed by atoms with E-state index in [0.717, 1.165) is 26.4 Å². The first kappa shape index (κ1) is 13.2. The van der Waals surface area contributed by atoms with Gasteiger partial charge in [0.2, 0.25) is 11.8 Å². The lowest BCUT2D eigenvalue weighted by Crippen LogP contribution is -1.81. The summed E-state index contributed by atoms with van der Waals surface area (Å²) in [6, 6.07) is 22.1. The number of fused-ring (bicyclic) bond motifs is 1. The van der Waals surface area contributed by atoms with E-state index in [2.05, 4.69) is 44.3 Å². The van der Waals surface area contributed by atoms with Crippen LogP contribution in [0.4, 0.5) is 0 Å². The van der Waals surface area contributed by atoms with E-state index in [1.165, 1.54) is 0 Å². The van der Waals surface area contributed by atoms with Gasteiger partial charge in [0, 0.05) is 15.6 Å². The Balaban J connectivity index is 1.84. The second-order valence-corrected chi connectivity index (χ2v) is 5.87. The summed E-state index contributed by atoms with van der Waals surface area (Å²) in [6.45, 7) is 0. The molecule has 0 fully saturated rings. The minimum absolute atomic E-state index is 0.518. The van der Waals surface area contributed by atoms with Crippen LogP contribution < -0.4 is 0 Å². The fourth-order valence-electron chi connectivity index (χ4n) is 2.48. The third-order valence-electron chi connectivity index (χ3n) is 3.52. The topological polar surface area (TPSA) is 38.9 Å². The number of nitrogens with zero attached hydrogens (tertiary/aromatic N) is 2. The van der Waals surface area contributed by atoms with Crippen LogP contribution in [0.15, 0.2) is 75.6 Å². The van der Waals surface area contributed by atoms with Gasteiger partial charge in [0.15, 0.2) is 0 Å². The summed E-state index contributed by atoms with van der Waals surface area (Å²) in [5, 5.41) is 10.6. The maximum Gasteiger partial charge on any atom is 0.248 e. The normalized spacial score (nSPS) is 11.0. The molecule has 0 radical (unpaired) electrons. The third kappa shape index (κ3) is 2.31. The van der Waals surface area contributed by atoms with Gasteiger partial charge in [-0.15, -0.1) is 10.2 Å². The SMILES string of the molecule is Brc1cccc(-c2nnc(-c3cccc4ccccc34)o2)c1. The molecule has 0 amide bonds. The monoisotopic (exact) mass is 350 g/mol. The highest BCUT2D eigenvalue weighted by atomic mass is 79.9. The Morgan fingerprint density at radius 3 is 2.45 bits per heavy atom. The zero-order valence-corrected chi connectivity index (χ0v) is 13.1. The van der Waals surface area contributed by atoms with Crippen LogP contribution in [-0.4, -0.2) is 10.2 Å². The quantitative estimate of drug-likeness (QED) is 0.491. The lowest BCUT2D eigenvalue weighted by molar-refractivity contribution is 0.585. The Morgan fingerprint density at radius 2 is 1.55 bits per heavy atom. The summed E-state index contributed by atoms with van der Waals surface area (Å²) < 4.78 is 6.86. The lowest BCUT2D eigenvalue weighted by Gasteiger charge is -2.01. The molecule has 3 nitrogen and oxygen atoms in total. The molecule has 4 aromatic rings. The summed E-state index contributed by atoms with van der Waals surface area (Å²) >= 11 is 3.45. The van der Waals surface area contributed by atoms with Crippen molar-refractivity contribution in [2.75, 3.05) is 0 Å². The van der Waals surface area contributed by atoms with E-state index in [0.29, 0.717) is 11.8 Å². The number of benzene rings is 3. The Labute approximate surface area is 135 Å². The number of aromatic nitrogens is 2. The van der Waals surface area contributed by atoms with Crippen molar-refractivity contribution < 1.29 is 4.42 Å². The first-order valence-corrected chi connectivity index (χ1v) is 7.68. The van der Waals surface area contributed by atoms with Crippen LogP contribution in [-0.2, 0) is 0 Å². The zero-order chi connectivity index (χ0) is 14.9. The molecule has 1 aromatic heterocycles. The second-order valence-electron chi connectivity index (χ2n) is 4.95. The van der Waals surface area contributed by atoms with Crippen molar-refractivity contribution >= 4 is 26.7 Å². The van der Waals surface area contributed by atoms with Gasteiger partial charge < -0.3 is 4.42 Å². The van der Waals surface area contributed by atoms with Crippen LogP contribution in [0.1, 0.15) is 0 Å². The van der Waals surface area contributed by atoms with Crippen molar-refractivity contribution in [3.8, 4) is 22.9 Å². The average Bonchev–Trinajstić information content (AvgIpc) is 3.04.